The molecule has 1 atom stereocenters. The average Bonchev–Trinajstić information content (AvgIpc) is 2.77. The minimum atomic E-state index is -0.480. The van der Waals surface area contributed by atoms with Crippen LogP contribution in [0.3, 0.4) is 0 Å². The van der Waals surface area contributed by atoms with Gasteiger partial charge in [-0.15, -0.1) is 0 Å². The maximum atomic E-state index is 12.4. The number of ether oxygens (including phenoxy) is 1. The summed E-state index contributed by atoms with van der Waals surface area (Å²) in [5, 5.41) is 8.53. The van der Waals surface area contributed by atoms with E-state index >= 15 is 0 Å². The second kappa shape index (κ2) is 8.31. The number of benzene rings is 3. The molecule has 168 valence electrons. The van der Waals surface area contributed by atoms with E-state index in [1.165, 1.54) is 57.6 Å². The van der Waals surface area contributed by atoms with Crippen LogP contribution >= 0.6 is 0 Å². The summed E-state index contributed by atoms with van der Waals surface area (Å²) in [7, 11) is 0. The molecule has 4 heteroatoms. The van der Waals surface area contributed by atoms with Crippen molar-refractivity contribution in [2.45, 2.75) is 70.9 Å². The summed E-state index contributed by atoms with van der Waals surface area (Å²) in [5.74, 6) is 0. The molecule has 1 saturated heterocycles. The molecule has 32 heavy (non-hydrogen) atoms. The number of nitrogens with one attached hydrogen (secondary N) is 1. The summed E-state index contributed by atoms with van der Waals surface area (Å²) < 4.78 is 5.52. The molecule has 1 aliphatic heterocycles. The number of piperidine rings is 1. The van der Waals surface area contributed by atoms with E-state index in [1.807, 2.05) is 20.8 Å². The third-order valence-electron chi connectivity index (χ3n) is 6.82. The number of nitrogens with zero attached hydrogens (tertiary/aromatic N) is 1. The van der Waals surface area contributed by atoms with Gasteiger partial charge in [0, 0.05) is 30.2 Å². The second-order valence-corrected chi connectivity index (χ2v) is 10.4. The second-order valence-electron chi connectivity index (χ2n) is 10.4. The average molecular weight is 431 g/mol. The lowest BCUT2D eigenvalue weighted by molar-refractivity contribution is 0.0500. The molecule has 1 heterocycles. The number of hydrogen-bond donors (Lipinski definition) is 1. The molecule has 0 saturated carbocycles. The first-order valence-electron chi connectivity index (χ1n) is 12.1. The molecule has 3 aromatic carbocycles. The highest BCUT2D eigenvalue weighted by Crippen LogP contribution is 2.40. The molecule has 0 aromatic heterocycles. The number of alkyl carbamates (subject to hydrolysis) is 1. The van der Waals surface area contributed by atoms with Gasteiger partial charge in [0.15, 0.2) is 0 Å². The smallest absolute Gasteiger partial charge is 0.407 e. The van der Waals surface area contributed by atoms with Crippen LogP contribution in [0, 0.1) is 0 Å². The molecule has 1 fully saturated rings. The maximum Gasteiger partial charge on any atom is 0.407 e. The maximum absolute atomic E-state index is 12.4. The lowest BCUT2D eigenvalue weighted by Crippen LogP contribution is -2.49. The van der Waals surface area contributed by atoms with Gasteiger partial charge in [0.25, 0.3) is 0 Å². The Kier molecular flexibility index (Phi) is 5.48. The van der Waals surface area contributed by atoms with Crippen LogP contribution in [0.5, 0.6) is 0 Å². The highest BCUT2D eigenvalue weighted by molar-refractivity contribution is 6.14. The van der Waals surface area contributed by atoms with E-state index in [9.17, 15) is 4.79 Å². The predicted molar refractivity (Wildman–Crippen MR) is 133 cm³/mol. The van der Waals surface area contributed by atoms with Crippen molar-refractivity contribution in [3.63, 3.8) is 0 Å². The first-order valence-corrected chi connectivity index (χ1v) is 12.1. The Bertz CT molecular complexity index is 1160. The van der Waals surface area contributed by atoms with E-state index in [2.05, 4.69) is 52.7 Å². The van der Waals surface area contributed by atoms with Gasteiger partial charge in [-0.3, -0.25) is 0 Å². The lowest BCUT2D eigenvalue weighted by Gasteiger charge is -2.36. The Labute approximate surface area is 190 Å². The van der Waals surface area contributed by atoms with Crippen molar-refractivity contribution in [3.8, 4) is 0 Å². The minimum absolute atomic E-state index is 0.0969. The summed E-state index contributed by atoms with van der Waals surface area (Å²) >= 11 is 0. The molecule has 0 unspecified atom stereocenters. The van der Waals surface area contributed by atoms with Crippen LogP contribution in [0.4, 0.5) is 10.5 Å². The summed E-state index contributed by atoms with van der Waals surface area (Å²) in [5.41, 5.74) is 3.90. The molecule has 0 spiro atoms. The van der Waals surface area contributed by atoms with Crippen molar-refractivity contribution in [3.05, 3.63) is 53.6 Å². The Balaban J connectivity index is 1.54. The Morgan fingerprint density at radius 3 is 2.69 bits per heavy atom. The number of amides is 1. The van der Waals surface area contributed by atoms with Gasteiger partial charge in [0.05, 0.1) is 0 Å². The third-order valence-corrected chi connectivity index (χ3v) is 6.82. The molecule has 3 aromatic rings. The molecule has 0 radical (unpaired) electrons. The molecule has 4 nitrogen and oxygen atoms in total. The van der Waals surface area contributed by atoms with Gasteiger partial charge in [-0.05, 0) is 92.6 Å². The zero-order valence-corrected chi connectivity index (χ0v) is 19.5. The number of carbonyl (C=O) groups is 1. The standard InChI is InChI=1S/C28H34N2O2/c1-28(2,3)32-27(31)29-21-11-8-16-30(18-21)25-17-20-10-5-6-12-22(20)24-15-14-19-9-4-7-13-23(19)26(24)25/h5-6,10,12,14-15,17,21H,4,7-9,11,13,16,18H2,1-3H3,(H,29,31)/t21-/m0/s1. The van der Waals surface area contributed by atoms with Gasteiger partial charge < -0.3 is 15.0 Å². The van der Waals surface area contributed by atoms with E-state index in [4.69, 9.17) is 4.74 Å². The number of fused-ring (bicyclic) bond motifs is 5. The van der Waals surface area contributed by atoms with E-state index in [1.54, 1.807) is 0 Å². The van der Waals surface area contributed by atoms with E-state index in [0.29, 0.717) is 0 Å². The first-order chi connectivity index (χ1) is 15.4. The van der Waals surface area contributed by atoms with Gasteiger partial charge in [0.1, 0.15) is 5.60 Å². The summed E-state index contributed by atoms with van der Waals surface area (Å²) in [6, 6.07) is 15.9. The van der Waals surface area contributed by atoms with Crippen LogP contribution < -0.4 is 10.2 Å². The summed E-state index contributed by atoms with van der Waals surface area (Å²) in [4.78, 5) is 14.9. The summed E-state index contributed by atoms with van der Waals surface area (Å²) in [6.07, 6.45) is 6.62. The van der Waals surface area contributed by atoms with E-state index < -0.39 is 5.60 Å². The number of rotatable bonds is 2. The van der Waals surface area contributed by atoms with Gasteiger partial charge in [-0.25, -0.2) is 4.79 Å². The zero-order chi connectivity index (χ0) is 22.3. The van der Waals surface area contributed by atoms with Crippen molar-refractivity contribution in [2.24, 2.45) is 0 Å². The largest absolute Gasteiger partial charge is 0.444 e. The van der Waals surface area contributed by atoms with Crippen LogP contribution in [0.15, 0.2) is 42.5 Å². The number of carbonyl (C=O) groups excluding carboxylic acids is 1. The zero-order valence-electron chi connectivity index (χ0n) is 19.5. The van der Waals surface area contributed by atoms with E-state index in [-0.39, 0.29) is 12.1 Å². The Morgan fingerprint density at radius 2 is 1.84 bits per heavy atom. The highest BCUT2D eigenvalue weighted by Gasteiger charge is 2.27. The topological polar surface area (TPSA) is 41.6 Å². The molecule has 5 rings (SSSR count). The fourth-order valence-corrected chi connectivity index (χ4v) is 5.47. The van der Waals surface area contributed by atoms with Gasteiger partial charge in [0.2, 0.25) is 0 Å². The quantitative estimate of drug-likeness (QED) is 0.481. The van der Waals surface area contributed by atoms with E-state index in [0.717, 1.165) is 32.4 Å². The number of hydrogen-bond acceptors (Lipinski definition) is 3. The van der Waals surface area contributed by atoms with Crippen LogP contribution in [0.1, 0.15) is 57.6 Å². The van der Waals surface area contributed by atoms with Gasteiger partial charge in [-0.1, -0.05) is 36.4 Å². The molecule has 1 aliphatic carbocycles. The van der Waals surface area contributed by atoms with Crippen LogP contribution in [-0.4, -0.2) is 30.8 Å². The molecular formula is C28H34N2O2. The first kappa shape index (κ1) is 21.1. The van der Waals surface area contributed by atoms with Crippen LogP contribution in [0.25, 0.3) is 21.5 Å². The minimum Gasteiger partial charge on any atom is -0.444 e. The molecule has 0 bridgehead atoms. The van der Waals surface area contributed by atoms with Crippen molar-refractivity contribution >= 4 is 33.3 Å². The fourth-order valence-electron chi connectivity index (χ4n) is 5.47. The monoisotopic (exact) mass is 430 g/mol. The van der Waals surface area contributed by atoms with Crippen molar-refractivity contribution in [2.75, 3.05) is 18.0 Å². The normalized spacial score (nSPS) is 19.1. The van der Waals surface area contributed by atoms with Crippen LogP contribution in [-0.2, 0) is 17.6 Å². The molecule has 1 N–H and O–H groups in total. The van der Waals surface area contributed by atoms with Crippen molar-refractivity contribution in [1.29, 1.82) is 0 Å². The number of anilines is 1. The highest BCUT2D eigenvalue weighted by atomic mass is 16.6. The summed E-state index contributed by atoms with van der Waals surface area (Å²) in [6.45, 7) is 7.55. The Morgan fingerprint density at radius 1 is 1.03 bits per heavy atom. The predicted octanol–water partition coefficient (Wildman–Crippen LogP) is 6.37. The van der Waals surface area contributed by atoms with Crippen LogP contribution in [0.2, 0.25) is 0 Å². The third kappa shape index (κ3) is 4.15. The molecule has 1 amide bonds. The molecular weight excluding hydrogens is 396 g/mol. The Hall–Kier alpha value is -2.75. The fraction of sp³-hybridized carbons (Fsp3) is 0.464. The van der Waals surface area contributed by atoms with Crippen molar-refractivity contribution < 1.29 is 9.53 Å². The molecule has 2 aliphatic rings. The van der Waals surface area contributed by atoms with Crippen molar-refractivity contribution in [1.82, 2.24) is 5.32 Å². The number of aryl methyl sites for hydroxylation is 2. The van der Waals surface area contributed by atoms with Gasteiger partial charge in [-0.2, -0.15) is 0 Å². The lowest BCUT2D eigenvalue weighted by atomic mass is 9.85. The SMILES string of the molecule is CC(C)(C)OC(=O)N[C@H]1CCCN(c2cc3ccccc3c3ccc4c(c23)CCCC4)C1. The van der Waals surface area contributed by atoms with Gasteiger partial charge >= 0.3 is 6.09 Å².